The Kier molecular flexibility index (Phi) is 3.87. The number of hydrogen-bond acceptors (Lipinski definition) is 5. The Morgan fingerprint density at radius 1 is 1.14 bits per heavy atom. The van der Waals surface area contributed by atoms with Crippen LogP contribution in [0.25, 0.3) is 0 Å². The highest BCUT2D eigenvalue weighted by Gasteiger charge is 2.24. The Hall–Kier alpha value is -1.96. The second kappa shape index (κ2) is 5.80. The van der Waals surface area contributed by atoms with Gasteiger partial charge in [0.25, 0.3) is 5.91 Å². The van der Waals surface area contributed by atoms with Gasteiger partial charge in [0.1, 0.15) is 5.69 Å². The highest BCUT2D eigenvalue weighted by molar-refractivity contribution is 9.10. The quantitative estimate of drug-likeness (QED) is 0.806. The summed E-state index contributed by atoms with van der Waals surface area (Å²) in [5.41, 5.74) is 0.614. The van der Waals surface area contributed by atoms with Crippen LogP contribution in [0.3, 0.4) is 0 Å². The van der Waals surface area contributed by atoms with E-state index < -0.39 is 0 Å². The Balaban J connectivity index is 1.64. The molecule has 7 nitrogen and oxygen atoms in total. The zero-order chi connectivity index (χ0) is 14.8. The molecule has 3 heterocycles. The van der Waals surface area contributed by atoms with Crippen LogP contribution < -0.4 is 4.90 Å². The van der Waals surface area contributed by atoms with Crippen molar-refractivity contribution < 1.29 is 4.79 Å². The van der Waals surface area contributed by atoms with E-state index in [1.54, 1.807) is 29.5 Å². The van der Waals surface area contributed by atoms with Gasteiger partial charge in [0, 0.05) is 45.6 Å². The average molecular weight is 351 g/mol. The first-order valence-electron chi connectivity index (χ1n) is 6.63. The molecule has 2 aromatic rings. The van der Waals surface area contributed by atoms with Gasteiger partial charge in [0.2, 0.25) is 5.95 Å². The minimum Gasteiger partial charge on any atom is -0.337 e. The van der Waals surface area contributed by atoms with Crippen LogP contribution in [0.4, 0.5) is 5.95 Å². The fourth-order valence-electron chi connectivity index (χ4n) is 2.30. The minimum atomic E-state index is 0.0198. The molecule has 0 radical (unpaired) electrons. The van der Waals surface area contributed by atoms with Gasteiger partial charge in [-0.2, -0.15) is 0 Å². The van der Waals surface area contributed by atoms with E-state index in [0.29, 0.717) is 24.7 Å². The second-order valence-electron chi connectivity index (χ2n) is 4.87. The third kappa shape index (κ3) is 2.90. The van der Waals surface area contributed by atoms with Gasteiger partial charge in [-0.15, -0.1) is 0 Å². The molecule has 1 amide bonds. The van der Waals surface area contributed by atoms with Crippen molar-refractivity contribution in [2.45, 2.75) is 0 Å². The highest BCUT2D eigenvalue weighted by atomic mass is 79.9. The molecule has 0 saturated carbocycles. The van der Waals surface area contributed by atoms with Crippen LogP contribution in [0.1, 0.15) is 10.5 Å². The van der Waals surface area contributed by atoms with Crippen molar-refractivity contribution in [3.8, 4) is 0 Å². The number of piperazine rings is 1. The molecule has 0 unspecified atom stereocenters. The number of carbonyl (C=O) groups is 1. The van der Waals surface area contributed by atoms with Gasteiger partial charge in [-0.1, -0.05) is 0 Å². The van der Waals surface area contributed by atoms with E-state index in [2.05, 4.69) is 35.8 Å². The Bertz CT molecular complexity index is 632. The summed E-state index contributed by atoms with van der Waals surface area (Å²) in [5, 5.41) is 0. The summed E-state index contributed by atoms with van der Waals surface area (Å²) in [4.78, 5) is 28.9. The molecule has 0 N–H and O–H groups in total. The summed E-state index contributed by atoms with van der Waals surface area (Å²) in [5.74, 6) is 0.720. The first-order valence-corrected chi connectivity index (χ1v) is 7.42. The van der Waals surface area contributed by atoms with E-state index in [1.165, 1.54) is 0 Å². The van der Waals surface area contributed by atoms with Crippen LogP contribution >= 0.6 is 15.9 Å². The van der Waals surface area contributed by atoms with E-state index in [-0.39, 0.29) is 5.91 Å². The van der Waals surface area contributed by atoms with Gasteiger partial charge in [0.05, 0.1) is 17.0 Å². The lowest BCUT2D eigenvalue weighted by Gasteiger charge is -2.34. The predicted molar refractivity (Wildman–Crippen MR) is 81.1 cm³/mol. The molecule has 1 aliphatic rings. The summed E-state index contributed by atoms with van der Waals surface area (Å²) in [7, 11) is 1.83. The van der Waals surface area contributed by atoms with Crippen LogP contribution in [0.15, 0.2) is 29.4 Å². The summed E-state index contributed by atoms with van der Waals surface area (Å²) in [6.45, 7) is 2.77. The van der Waals surface area contributed by atoms with Gasteiger partial charge >= 0.3 is 0 Å². The maximum Gasteiger partial charge on any atom is 0.272 e. The number of halogens is 1. The van der Waals surface area contributed by atoms with Gasteiger partial charge in [0.15, 0.2) is 0 Å². The molecule has 21 heavy (non-hydrogen) atoms. The average Bonchev–Trinajstić information content (AvgIpc) is 2.94. The van der Waals surface area contributed by atoms with Gasteiger partial charge in [-0.25, -0.2) is 15.0 Å². The molecule has 2 aromatic heterocycles. The number of aromatic nitrogens is 4. The maximum absolute atomic E-state index is 12.4. The van der Waals surface area contributed by atoms with Crippen molar-refractivity contribution in [2.24, 2.45) is 7.05 Å². The molecule has 8 heteroatoms. The lowest BCUT2D eigenvalue weighted by Crippen LogP contribution is -2.49. The smallest absolute Gasteiger partial charge is 0.272 e. The lowest BCUT2D eigenvalue weighted by molar-refractivity contribution is 0.0736. The first-order chi connectivity index (χ1) is 10.1. The fourth-order valence-corrected chi connectivity index (χ4v) is 2.51. The number of rotatable bonds is 2. The van der Waals surface area contributed by atoms with Gasteiger partial charge in [-0.05, 0) is 15.9 Å². The molecule has 1 fully saturated rings. The van der Waals surface area contributed by atoms with Crippen molar-refractivity contribution in [3.05, 3.63) is 35.1 Å². The highest BCUT2D eigenvalue weighted by Crippen LogP contribution is 2.14. The van der Waals surface area contributed by atoms with E-state index in [1.807, 2.05) is 11.9 Å². The predicted octanol–water partition coefficient (Wildman–Crippen LogP) is 0.935. The largest absolute Gasteiger partial charge is 0.337 e. The first kappa shape index (κ1) is 14.0. The molecule has 0 bridgehead atoms. The summed E-state index contributed by atoms with van der Waals surface area (Å²) in [6, 6.07) is 0. The van der Waals surface area contributed by atoms with E-state index in [0.717, 1.165) is 17.6 Å². The number of amides is 1. The van der Waals surface area contributed by atoms with Crippen LogP contribution in [-0.4, -0.2) is 56.5 Å². The minimum absolute atomic E-state index is 0.0198. The molecule has 1 aliphatic heterocycles. The summed E-state index contributed by atoms with van der Waals surface area (Å²) in [6.07, 6.45) is 6.71. The number of imidazole rings is 1. The number of carbonyl (C=O) groups excluding carboxylic acids is 1. The SMILES string of the molecule is Cn1cncc1C(=O)N1CCN(c2ncc(Br)cn2)CC1. The molecule has 0 aromatic carbocycles. The molecule has 1 saturated heterocycles. The Labute approximate surface area is 130 Å². The van der Waals surface area contributed by atoms with Crippen molar-refractivity contribution in [2.75, 3.05) is 31.1 Å². The normalized spacial score (nSPS) is 15.3. The van der Waals surface area contributed by atoms with Crippen LogP contribution in [0.2, 0.25) is 0 Å². The zero-order valence-electron chi connectivity index (χ0n) is 11.6. The molecule has 110 valence electrons. The molecule has 0 spiro atoms. The number of nitrogens with zero attached hydrogens (tertiary/aromatic N) is 6. The van der Waals surface area contributed by atoms with Crippen LogP contribution in [-0.2, 0) is 7.05 Å². The number of hydrogen-bond donors (Lipinski definition) is 0. The van der Waals surface area contributed by atoms with Crippen molar-refractivity contribution in [1.29, 1.82) is 0 Å². The number of anilines is 1. The van der Waals surface area contributed by atoms with E-state index >= 15 is 0 Å². The summed E-state index contributed by atoms with van der Waals surface area (Å²) >= 11 is 3.32. The molecular formula is C13H15BrN6O. The van der Waals surface area contributed by atoms with E-state index in [4.69, 9.17) is 0 Å². The van der Waals surface area contributed by atoms with Crippen LogP contribution in [0, 0.1) is 0 Å². The number of aryl methyl sites for hydroxylation is 1. The topological polar surface area (TPSA) is 67.2 Å². The van der Waals surface area contributed by atoms with E-state index in [9.17, 15) is 4.79 Å². The van der Waals surface area contributed by atoms with Crippen LogP contribution in [0.5, 0.6) is 0 Å². The van der Waals surface area contributed by atoms with Crippen molar-refractivity contribution >= 4 is 27.8 Å². The third-order valence-corrected chi connectivity index (χ3v) is 3.90. The van der Waals surface area contributed by atoms with Crippen molar-refractivity contribution in [1.82, 2.24) is 24.4 Å². The Morgan fingerprint density at radius 3 is 2.38 bits per heavy atom. The summed E-state index contributed by atoms with van der Waals surface area (Å²) < 4.78 is 2.60. The third-order valence-electron chi connectivity index (χ3n) is 3.49. The van der Waals surface area contributed by atoms with Crippen molar-refractivity contribution in [3.63, 3.8) is 0 Å². The standard InChI is InChI=1S/C13H15BrN6O/c1-18-9-15-8-11(18)12(21)19-2-4-20(5-3-19)13-16-6-10(14)7-17-13/h6-9H,2-5H2,1H3. The van der Waals surface area contributed by atoms with Gasteiger partial charge < -0.3 is 14.4 Å². The molecule has 0 atom stereocenters. The molecule has 0 aliphatic carbocycles. The monoisotopic (exact) mass is 350 g/mol. The fraction of sp³-hybridized carbons (Fsp3) is 0.385. The molecule has 3 rings (SSSR count). The second-order valence-corrected chi connectivity index (χ2v) is 5.79. The zero-order valence-corrected chi connectivity index (χ0v) is 13.2. The van der Waals surface area contributed by atoms with Gasteiger partial charge in [-0.3, -0.25) is 4.79 Å². The Morgan fingerprint density at radius 2 is 1.81 bits per heavy atom. The molecular weight excluding hydrogens is 336 g/mol. The lowest BCUT2D eigenvalue weighted by atomic mass is 10.3. The maximum atomic E-state index is 12.4.